The number of para-hydroxylation sites is 1. The predicted octanol–water partition coefficient (Wildman–Crippen LogP) is 4.76. The van der Waals surface area contributed by atoms with Crippen LogP contribution < -0.4 is 5.32 Å². The number of nitrogens with one attached hydrogen (secondary N) is 1. The van der Waals surface area contributed by atoms with Gasteiger partial charge in [-0.3, -0.25) is 0 Å². The summed E-state index contributed by atoms with van der Waals surface area (Å²) in [5.74, 6) is -0.0243. The van der Waals surface area contributed by atoms with E-state index in [0.717, 1.165) is 36.3 Å². The molecule has 3 atom stereocenters. The van der Waals surface area contributed by atoms with Gasteiger partial charge in [0.15, 0.2) is 0 Å². The number of benzene rings is 2. The summed E-state index contributed by atoms with van der Waals surface area (Å²) in [6, 6.07) is 13.7. The molecule has 0 amide bonds. The standard InChI is InChI=1S/C20H20ClNO3/c1-24-20(23)16-5-2-4-15-18(16)22-17(12-7-9-13(21)10-8-12)14-6-3-11-25-19(14)15/h2,4-5,7-10,14,17,19,22H,3,6,11H2,1H3/t14-,17+,19-/m1/s1. The third kappa shape index (κ3) is 2.90. The van der Waals surface area contributed by atoms with Gasteiger partial charge in [0.25, 0.3) is 0 Å². The number of esters is 1. The summed E-state index contributed by atoms with van der Waals surface area (Å²) in [7, 11) is 1.40. The highest BCUT2D eigenvalue weighted by Gasteiger charge is 2.41. The van der Waals surface area contributed by atoms with E-state index in [1.165, 1.54) is 7.11 Å². The van der Waals surface area contributed by atoms with Crippen LogP contribution in [0.4, 0.5) is 5.69 Å². The van der Waals surface area contributed by atoms with Gasteiger partial charge in [0.05, 0.1) is 30.5 Å². The predicted molar refractivity (Wildman–Crippen MR) is 97.0 cm³/mol. The quantitative estimate of drug-likeness (QED) is 0.787. The van der Waals surface area contributed by atoms with Crippen LogP contribution in [0.25, 0.3) is 0 Å². The molecule has 0 aromatic heterocycles. The summed E-state index contributed by atoms with van der Waals surface area (Å²) >= 11 is 6.05. The van der Waals surface area contributed by atoms with Crippen LogP contribution in [0.5, 0.6) is 0 Å². The van der Waals surface area contributed by atoms with Crippen molar-refractivity contribution in [1.29, 1.82) is 0 Å². The van der Waals surface area contributed by atoms with Crippen molar-refractivity contribution in [3.05, 3.63) is 64.2 Å². The first-order valence-electron chi connectivity index (χ1n) is 8.54. The SMILES string of the molecule is COC(=O)c1cccc2c1N[C@@H](c1ccc(Cl)cc1)[C@H]1CCCO[C@@H]21. The fourth-order valence-corrected chi connectivity index (χ4v) is 4.10. The molecule has 2 aliphatic heterocycles. The molecule has 130 valence electrons. The largest absolute Gasteiger partial charge is 0.465 e. The second-order valence-electron chi connectivity index (χ2n) is 6.53. The van der Waals surface area contributed by atoms with Crippen molar-refractivity contribution in [2.45, 2.75) is 25.0 Å². The Hall–Kier alpha value is -2.04. The molecular formula is C20H20ClNO3. The molecule has 0 aliphatic carbocycles. The highest BCUT2D eigenvalue weighted by Crippen LogP contribution is 2.50. The molecule has 1 N–H and O–H groups in total. The molecule has 0 saturated carbocycles. The lowest BCUT2D eigenvalue weighted by molar-refractivity contribution is -0.0382. The van der Waals surface area contributed by atoms with Crippen molar-refractivity contribution in [3.63, 3.8) is 0 Å². The summed E-state index contributed by atoms with van der Waals surface area (Å²) < 4.78 is 11.1. The summed E-state index contributed by atoms with van der Waals surface area (Å²) in [6.07, 6.45) is 2.10. The fourth-order valence-electron chi connectivity index (χ4n) is 3.98. The minimum Gasteiger partial charge on any atom is -0.465 e. The first-order chi connectivity index (χ1) is 12.2. The zero-order valence-corrected chi connectivity index (χ0v) is 14.8. The van der Waals surface area contributed by atoms with Crippen LogP contribution in [-0.2, 0) is 9.47 Å². The average molecular weight is 358 g/mol. The van der Waals surface area contributed by atoms with Gasteiger partial charge in [0.2, 0.25) is 0 Å². The topological polar surface area (TPSA) is 47.6 Å². The van der Waals surface area contributed by atoms with Gasteiger partial charge < -0.3 is 14.8 Å². The number of fused-ring (bicyclic) bond motifs is 3. The Kier molecular flexibility index (Phi) is 4.40. The fraction of sp³-hybridized carbons (Fsp3) is 0.350. The van der Waals surface area contributed by atoms with Gasteiger partial charge >= 0.3 is 5.97 Å². The molecule has 0 bridgehead atoms. The molecule has 0 spiro atoms. The van der Waals surface area contributed by atoms with E-state index in [1.54, 1.807) is 6.07 Å². The minimum atomic E-state index is -0.339. The normalized spacial score (nSPS) is 24.6. The number of methoxy groups -OCH3 is 1. The maximum atomic E-state index is 12.2. The van der Waals surface area contributed by atoms with Crippen molar-refractivity contribution >= 4 is 23.3 Å². The van der Waals surface area contributed by atoms with Gasteiger partial charge in [0, 0.05) is 23.1 Å². The van der Waals surface area contributed by atoms with E-state index in [0.29, 0.717) is 16.5 Å². The second-order valence-corrected chi connectivity index (χ2v) is 6.97. The molecule has 2 aromatic carbocycles. The highest BCUT2D eigenvalue weighted by molar-refractivity contribution is 6.30. The number of carbonyl (C=O) groups excluding carboxylic acids is 1. The van der Waals surface area contributed by atoms with E-state index in [9.17, 15) is 4.79 Å². The summed E-state index contributed by atoms with van der Waals surface area (Å²) in [5, 5.41) is 4.31. The molecule has 2 aliphatic rings. The Morgan fingerprint density at radius 3 is 2.80 bits per heavy atom. The molecule has 1 saturated heterocycles. The summed E-state index contributed by atoms with van der Waals surface area (Å²) in [4.78, 5) is 12.2. The number of halogens is 1. The lowest BCUT2D eigenvalue weighted by atomic mass is 9.77. The smallest absolute Gasteiger partial charge is 0.339 e. The first kappa shape index (κ1) is 16.4. The average Bonchev–Trinajstić information content (AvgIpc) is 2.67. The molecule has 2 heterocycles. The van der Waals surface area contributed by atoms with Gasteiger partial charge in [-0.05, 0) is 36.6 Å². The molecule has 25 heavy (non-hydrogen) atoms. The molecule has 2 aromatic rings. The van der Waals surface area contributed by atoms with Crippen LogP contribution in [0, 0.1) is 5.92 Å². The van der Waals surface area contributed by atoms with E-state index >= 15 is 0 Å². The molecule has 0 unspecified atom stereocenters. The second kappa shape index (κ2) is 6.70. The van der Waals surface area contributed by atoms with Crippen LogP contribution in [0.3, 0.4) is 0 Å². The van der Waals surface area contributed by atoms with E-state index in [1.807, 2.05) is 36.4 Å². The van der Waals surface area contributed by atoms with Crippen molar-refractivity contribution in [2.24, 2.45) is 5.92 Å². The zero-order chi connectivity index (χ0) is 17.4. The van der Waals surface area contributed by atoms with Crippen LogP contribution in [0.15, 0.2) is 42.5 Å². The zero-order valence-electron chi connectivity index (χ0n) is 14.0. The van der Waals surface area contributed by atoms with Gasteiger partial charge in [-0.15, -0.1) is 0 Å². The number of carbonyl (C=O) groups is 1. The van der Waals surface area contributed by atoms with Crippen LogP contribution in [0.1, 0.15) is 46.5 Å². The first-order valence-corrected chi connectivity index (χ1v) is 8.91. The summed E-state index contributed by atoms with van der Waals surface area (Å²) in [6.45, 7) is 0.746. The summed E-state index contributed by atoms with van der Waals surface area (Å²) in [5.41, 5.74) is 3.55. The minimum absolute atomic E-state index is 0.0183. The molecule has 5 heteroatoms. The number of hydrogen-bond acceptors (Lipinski definition) is 4. The molecule has 1 fully saturated rings. The maximum Gasteiger partial charge on any atom is 0.339 e. The number of rotatable bonds is 2. The van der Waals surface area contributed by atoms with Crippen LogP contribution >= 0.6 is 11.6 Å². The van der Waals surface area contributed by atoms with Gasteiger partial charge in [-0.2, -0.15) is 0 Å². The molecule has 4 nitrogen and oxygen atoms in total. The van der Waals surface area contributed by atoms with E-state index in [-0.39, 0.29) is 18.1 Å². The Morgan fingerprint density at radius 2 is 2.04 bits per heavy atom. The van der Waals surface area contributed by atoms with E-state index in [4.69, 9.17) is 21.1 Å². The highest BCUT2D eigenvalue weighted by atomic mass is 35.5. The molecule has 4 rings (SSSR count). The Labute approximate surface area is 152 Å². The van der Waals surface area contributed by atoms with Crippen LogP contribution in [-0.4, -0.2) is 19.7 Å². The molecule has 0 radical (unpaired) electrons. The van der Waals surface area contributed by atoms with Crippen molar-refractivity contribution in [2.75, 3.05) is 19.0 Å². The lowest BCUT2D eigenvalue weighted by Gasteiger charge is -2.43. The molecular weight excluding hydrogens is 338 g/mol. The number of ether oxygens (including phenoxy) is 2. The Balaban J connectivity index is 1.81. The van der Waals surface area contributed by atoms with E-state index in [2.05, 4.69) is 5.32 Å². The number of hydrogen-bond donors (Lipinski definition) is 1. The Bertz CT molecular complexity index is 790. The van der Waals surface area contributed by atoms with Crippen LogP contribution in [0.2, 0.25) is 5.02 Å². The lowest BCUT2D eigenvalue weighted by Crippen LogP contribution is -2.36. The maximum absolute atomic E-state index is 12.2. The van der Waals surface area contributed by atoms with Crippen molar-refractivity contribution in [1.82, 2.24) is 0 Å². The van der Waals surface area contributed by atoms with Crippen molar-refractivity contribution in [3.8, 4) is 0 Å². The monoisotopic (exact) mass is 357 g/mol. The van der Waals surface area contributed by atoms with E-state index < -0.39 is 0 Å². The van der Waals surface area contributed by atoms with Gasteiger partial charge in [-0.25, -0.2) is 4.79 Å². The van der Waals surface area contributed by atoms with Crippen molar-refractivity contribution < 1.29 is 14.3 Å². The number of anilines is 1. The van der Waals surface area contributed by atoms with Gasteiger partial charge in [-0.1, -0.05) is 35.9 Å². The third-order valence-corrected chi connectivity index (χ3v) is 5.39. The Morgan fingerprint density at radius 1 is 1.24 bits per heavy atom. The third-order valence-electron chi connectivity index (χ3n) is 5.13. The van der Waals surface area contributed by atoms with Gasteiger partial charge in [0.1, 0.15) is 0 Å².